The van der Waals surface area contributed by atoms with E-state index in [2.05, 4.69) is 4.84 Å². The van der Waals surface area contributed by atoms with Gasteiger partial charge in [-0.2, -0.15) is 0 Å². The maximum absolute atomic E-state index is 11.8. The van der Waals surface area contributed by atoms with Crippen molar-refractivity contribution in [1.29, 1.82) is 0 Å². The Hall–Kier alpha value is -0.925. The molecule has 3 N–H and O–H groups in total. The van der Waals surface area contributed by atoms with Crippen LogP contribution >= 0.6 is 0 Å². The lowest BCUT2D eigenvalue weighted by Crippen LogP contribution is -2.32. The summed E-state index contributed by atoms with van der Waals surface area (Å²) in [5, 5.41) is 18.1. The molecule has 1 aromatic carbocycles. The molecule has 8 heteroatoms. The molecule has 0 aromatic heterocycles. The lowest BCUT2D eigenvalue weighted by molar-refractivity contribution is 0.153. The van der Waals surface area contributed by atoms with Crippen LogP contribution in [0.25, 0.3) is 0 Å². The van der Waals surface area contributed by atoms with Crippen molar-refractivity contribution >= 4 is 22.6 Å². The molecule has 1 rings (SSSR count). The molecule has 0 atom stereocenters. The van der Waals surface area contributed by atoms with Crippen molar-refractivity contribution in [3.63, 3.8) is 0 Å². The van der Waals surface area contributed by atoms with Gasteiger partial charge in [-0.05, 0) is 30.4 Å². The first-order valence-electron chi connectivity index (χ1n) is 4.81. The van der Waals surface area contributed by atoms with Gasteiger partial charge < -0.3 is 10.0 Å². The zero-order valence-electron chi connectivity index (χ0n) is 9.76. The lowest BCUT2D eigenvalue weighted by atomic mass is 9.79. The molecule has 0 radical (unpaired) electrons. The Morgan fingerprint density at radius 1 is 1.24 bits per heavy atom. The fourth-order valence-electron chi connectivity index (χ4n) is 1.71. The van der Waals surface area contributed by atoms with Crippen LogP contribution < -0.4 is 10.3 Å². The number of hydrogen-bond donors (Lipinski definition) is 3. The second-order valence-corrected chi connectivity index (χ2v) is 5.23. The van der Waals surface area contributed by atoms with E-state index >= 15 is 0 Å². The zero-order chi connectivity index (χ0) is 13.2. The van der Waals surface area contributed by atoms with Crippen LogP contribution in [-0.4, -0.2) is 32.7 Å². The first kappa shape index (κ1) is 14.1. The van der Waals surface area contributed by atoms with Gasteiger partial charge in [-0.15, -0.1) is 0 Å². The van der Waals surface area contributed by atoms with E-state index in [4.69, 9.17) is 10.0 Å². The molecule has 0 aliphatic carbocycles. The largest absolute Gasteiger partial charge is 0.488 e. The molecular formula is C9H14BNO5S. The number of nitrogens with one attached hydrogen (secondary N) is 1. The summed E-state index contributed by atoms with van der Waals surface area (Å²) in [7, 11) is -4.17. The van der Waals surface area contributed by atoms with Crippen LogP contribution in [0.5, 0.6) is 0 Å². The highest BCUT2D eigenvalue weighted by Gasteiger charge is 2.22. The molecule has 0 aliphatic heterocycles. The van der Waals surface area contributed by atoms with Gasteiger partial charge in [-0.3, -0.25) is 4.84 Å². The molecule has 0 spiro atoms. The Labute approximate surface area is 100 Å². The minimum atomic E-state index is -3.75. The molecule has 0 fully saturated rings. The molecule has 1 aromatic rings. The Kier molecular flexibility index (Phi) is 4.28. The number of benzene rings is 1. The van der Waals surface area contributed by atoms with Crippen molar-refractivity contribution in [3.8, 4) is 0 Å². The number of aryl methyl sites for hydroxylation is 2. The molecule has 0 saturated carbocycles. The highest BCUT2D eigenvalue weighted by molar-refractivity contribution is 7.89. The highest BCUT2D eigenvalue weighted by Crippen LogP contribution is 2.18. The second kappa shape index (κ2) is 5.15. The maximum Gasteiger partial charge on any atom is 0.488 e. The van der Waals surface area contributed by atoms with E-state index in [0.717, 1.165) is 0 Å². The van der Waals surface area contributed by atoms with Crippen LogP contribution in [-0.2, 0) is 14.9 Å². The fraction of sp³-hybridized carbons (Fsp3) is 0.333. The summed E-state index contributed by atoms with van der Waals surface area (Å²) in [5.74, 6) is 0. The lowest BCUT2D eigenvalue weighted by Gasteiger charge is -2.12. The van der Waals surface area contributed by atoms with Crippen molar-refractivity contribution in [2.24, 2.45) is 0 Å². The summed E-state index contributed by atoms with van der Waals surface area (Å²) in [6.45, 7) is 3.15. The van der Waals surface area contributed by atoms with E-state index in [0.29, 0.717) is 11.1 Å². The number of rotatable bonds is 4. The van der Waals surface area contributed by atoms with E-state index in [1.807, 2.05) is 4.89 Å². The quantitative estimate of drug-likeness (QED) is 0.467. The second-order valence-electron chi connectivity index (χ2n) is 3.65. The van der Waals surface area contributed by atoms with Gasteiger partial charge in [0.25, 0.3) is 10.0 Å². The molecule has 17 heavy (non-hydrogen) atoms. The van der Waals surface area contributed by atoms with Crippen LogP contribution in [0, 0.1) is 13.8 Å². The normalized spacial score (nSPS) is 11.6. The Morgan fingerprint density at radius 2 is 1.71 bits per heavy atom. The summed E-state index contributed by atoms with van der Waals surface area (Å²) in [6, 6.07) is 2.81. The summed E-state index contributed by atoms with van der Waals surface area (Å²) < 4.78 is 23.6. The van der Waals surface area contributed by atoms with Crippen LogP contribution in [0.1, 0.15) is 11.1 Å². The zero-order valence-corrected chi connectivity index (χ0v) is 10.6. The summed E-state index contributed by atoms with van der Waals surface area (Å²) in [4.78, 5) is 6.40. The standard InChI is InChI=1S/C9H14BNO5S/c1-6-4-8(10(12)13)5-7(2)9(6)17(14,15)11-16-3/h4-5,11-13H,1-3H3. The van der Waals surface area contributed by atoms with Crippen molar-refractivity contribution in [2.45, 2.75) is 18.7 Å². The Balaban J connectivity index is 3.38. The van der Waals surface area contributed by atoms with Crippen molar-refractivity contribution in [3.05, 3.63) is 23.3 Å². The SMILES string of the molecule is CONS(=O)(=O)c1c(C)cc(B(O)O)cc1C. The van der Waals surface area contributed by atoms with Gasteiger partial charge >= 0.3 is 7.12 Å². The smallest absolute Gasteiger partial charge is 0.423 e. The van der Waals surface area contributed by atoms with Crippen LogP contribution in [0.3, 0.4) is 0 Å². The number of sulfonamides is 1. The van der Waals surface area contributed by atoms with Gasteiger partial charge in [0.2, 0.25) is 0 Å². The summed E-state index contributed by atoms with van der Waals surface area (Å²) in [6.07, 6.45) is 0. The van der Waals surface area contributed by atoms with Gasteiger partial charge in [-0.1, -0.05) is 17.0 Å². The van der Waals surface area contributed by atoms with Crippen LogP contribution in [0.15, 0.2) is 17.0 Å². The van der Waals surface area contributed by atoms with Crippen LogP contribution in [0.2, 0.25) is 0 Å². The number of hydrogen-bond acceptors (Lipinski definition) is 5. The highest BCUT2D eigenvalue weighted by atomic mass is 32.2. The van der Waals surface area contributed by atoms with Crippen molar-refractivity contribution < 1.29 is 23.3 Å². The van der Waals surface area contributed by atoms with Crippen LogP contribution in [0.4, 0.5) is 0 Å². The first-order valence-corrected chi connectivity index (χ1v) is 6.30. The van der Waals surface area contributed by atoms with Gasteiger partial charge in [0, 0.05) is 0 Å². The summed E-state index contributed by atoms with van der Waals surface area (Å²) in [5.41, 5.74) is 1.08. The third-order valence-electron chi connectivity index (χ3n) is 2.24. The van der Waals surface area contributed by atoms with Gasteiger partial charge in [-0.25, -0.2) is 8.42 Å². The average molecular weight is 259 g/mol. The van der Waals surface area contributed by atoms with Gasteiger partial charge in [0.05, 0.1) is 12.0 Å². The predicted octanol–water partition coefficient (Wildman–Crippen LogP) is -1.18. The monoisotopic (exact) mass is 259 g/mol. The molecule has 0 saturated heterocycles. The van der Waals surface area contributed by atoms with Gasteiger partial charge in [0.1, 0.15) is 0 Å². The molecular weight excluding hydrogens is 245 g/mol. The molecule has 0 aliphatic rings. The maximum atomic E-state index is 11.8. The van der Waals surface area contributed by atoms with Crippen molar-refractivity contribution in [1.82, 2.24) is 4.89 Å². The van der Waals surface area contributed by atoms with E-state index in [9.17, 15) is 8.42 Å². The Morgan fingerprint density at radius 3 is 2.06 bits per heavy atom. The minimum Gasteiger partial charge on any atom is -0.423 e. The predicted molar refractivity (Wildman–Crippen MR) is 63.1 cm³/mol. The molecule has 0 unspecified atom stereocenters. The third-order valence-corrected chi connectivity index (χ3v) is 3.81. The van der Waals surface area contributed by atoms with E-state index < -0.39 is 17.1 Å². The molecule has 0 bridgehead atoms. The first-order chi connectivity index (χ1) is 7.79. The fourth-order valence-corrected chi connectivity index (χ4v) is 2.98. The minimum absolute atomic E-state index is 0.0729. The van der Waals surface area contributed by atoms with Crippen molar-refractivity contribution in [2.75, 3.05) is 7.11 Å². The third kappa shape index (κ3) is 3.05. The Bertz CT molecular complexity index is 491. The molecule has 0 amide bonds. The van der Waals surface area contributed by atoms with Gasteiger partial charge in [0.15, 0.2) is 0 Å². The molecule has 94 valence electrons. The topological polar surface area (TPSA) is 95.9 Å². The van der Waals surface area contributed by atoms with E-state index in [-0.39, 0.29) is 10.4 Å². The van der Waals surface area contributed by atoms with E-state index in [1.165, 1.54) is 19.2 Å². The summed E-state index contributed by atoms with van der Waals surface area (Å²) >= 11 is 0. The van der Waals surface area contributed by atoms with E-state index in [1.54, 1.807) is 13.8 Å². The molecule has 6 nitrogen and oxygen atoms in total. The average Bonchev–Trinajstić information content (AvgIpc) is 2.15. The molecule has 0 heterocycles.